The molecule has 0 saturated carbocycles. The monoisotopic (exact) mass is 483 g/mol. The van der Waals surface area contributed by atoms with Gasteiger partial charge in [0.15, 0.2) is 0 Å². The fourth-order valence-electron chi connectivity index (χ4n) is 3.78. The van der Waals surface area contributed by atoms with Crippen molar-refractivity contribution < 1.29 is 17.9 Å². The Labute approximate surface area is 202 Å². The molecule has 3 rings (SSSR count). The molecule has 182 valence electrons. The maximum Gasteiger partial charge on any atom is 0.254 e. The molecular formula is C26H33N3O4S. The molecule has 0 aliphatic carbocycles. The number of hydrogen-bond donors (Lipinski definition) is 0. The van der Waals surface area contributed by atoms with Crippen molar-refractivity contribution in [2.75, 3.05) is 20.3 Å². The van der Waals surface area contributed by atoms with Crippen molar-refractivity contribution in [3.8, 4) is 0 Å². The van der Waals surface area contributed by atoms with Crippen LogP contribution < -0.4 is 0 Å². The van der Waals surface area contributed by atoms with Crippen molar-refractivity contribution in [1.82, 2.24) is 14.5 Å². The minimum absolute atomic E-state index is 0.00400. The van der Waals surface area contributed by atoms with Gasteiger partial charge >= 0.3 is 0 Å². The Morgan fingerprint density at radius 3 is 2.38 bits per heavy atom. The van der Waals surface area contributed by atoms with E-state index in [-0.39, 0.29) is 29.3 Å². The minimum atomic E-state index is -3.70. The number of hydrogen-bond acceptors (Lipinski definition) is 5. The molecule has 1 amide bonds. The van der Waals surface area contributed by atoms with Gasteiger partial charge < -0.3 is 14.2 Å². The van der Waals surface area contributed by atoms with Crippen LogP contribution in [0.5, 0.6) is 0 Å². The van der Waals surface area contributed by atoms with E-state index < -0.39 is 9.84 Å². The van der Waals surface area contributed by atoms with Gasteiger partial charge in [-0.1, -0.05) is 61.9 Å². The molecule has 0 bridgehead atoms. The highest BCUT2D eigenvalue weighted by atomic mass is 32.2. The number of imidazole rings is 1. The van der Waals surface area contributed by atoms with E-state index in [9.17, 15) is 13.2 Å². The third kappa shape index (κ3) is 6.55. The molecule has 34 heavy (non-hydrogen) atoms. The number of aromatic nitrogens is 2. The summed E-state index contributed by atoms with van der Waals surface area (Å²) in [5.74, 6) is 0.00264. The molecular weight excluding hydrogens is 450 g/mol. The van der Waals surface area contributed by atoms with Gasteiger partial charge in [0.2, 0.25) is 15.0 Å². The first-order chi connectivity index (χ1) is 16.2. The van der Waals surface area contributed by atoms with Gasteiger partial charge in [-0.2, -0.15) is 0 Å². The van der Waals surface area contributed by atoms with Crippen molar-refractivity contribution >= 4 is 15.7 Å². The molecule has 0 atom stereocenters. The van der Waals surface area contributed by atoms with E-state index in [2.05, 4.69) is 4.98 Å². The molecule has 7 nitrogen and oxygen atoms in total. The van der Waals surface area contributed by atoms with Crippen molar-refractivity contribution in [2.45, 2.75) is 44.8 Å². The number of benzene rings is 2. The largest absolute Gasteiger partial charge is 0.383 e. The summed E-state index contributed by atoms with van der Waals surface area (Å²) >= 11 is 0. The van der Waals surface area contributed by atoms with Crippen molar-refractivity contribution in [2.24, 2.45) is 5.92 Å². The predicted molar refractivity (Wildman–Crippen MR) is 132 cm³/mol. The van der Waals surface area contributed by atoms with E-state index >= 15 is 0 Å². The molecule has 1 heterocycles. The predicted octanol–water partition coefficient (Wildman–Crippen LogP) is 4.11. The number of rotatable bonds is 11. The van der Waals surface area contributed by atoms with Crippen molar-refractivity contribution in [3.05, 3.63) is 83.2 Å². The van der Waals surface area contributed by atoms with E-state index in [0.717, 1.165) is 5.56 Å². The summed E-state index contributed by atoms with van der Waals surface area (Å²) in [6.07, 6.45) is 1.56. The zero-order valence-corrected chi connectivity index (χ0v) is 21.1. The fraction of sp³-hybridized carbons (Fsp3) is 0.385. The summed E-state index contributed by atoms with van der Waals surface area (Å²) in [5.41, 5.74) is 3.04. The Balaban J connectivity index is 1.94. The Morgan fingerprint density at radius 1 is 1.09 bits per heavy atom. The Kier molecular flexibility index (Phi) is 8.63. The van der Waals surface area contributed by atoms with Crippen LogP contribution in [0.25, 0.3) is 0 Å². The number of aryl methyl sites for hydroxylation is 1. The minimum Gasteiger partial charge on any atom is -0.383 e. The lowest BCUT2D eigenvalue weighted by molar-refractivity contribution is 0.0717. The van der Waals surface area contributed by atoms with Crippen LogP contribution in [0.3, 0.4) is 0 Å². The van der Waals surface area contributed by atoms with Gasteiger partial charge in [-0.25, -0.2) is 13.4 Å². The summed E-state index contributed by atoms with van der Waals surface area (Å²) < 4.78 is 33.4. The average Bonchev–Trinajstić information content (AvgIpc) is 3.20. The third-order valence-corrected chi connectivity index (χ3v) is 7.02. The van der Waals surface area contributed by atoms with Gasteiger partial charge in [0.25, 0.3) is 5.91 Å². The molecule has 0 unspecified atom stereocenters. The normalized spacial score (nSPS) is 11.7. The maximum atomic E-state index is 13.3. The number of ether oxygens (including phenoxy) is 1. The highest BCUT2D eigenvalue weighted by Gasteiger charge is 2.26. The zero-order chi connectivity index (χ0) is 24.7. The van der Waals surface area contributed by atoms with Crippen LogP contribution in [0, 0.1) is 12.8 Å². The SMILES string of the molecule is COCCn1c(CN(CC(C)C)C(=O)c2ccc(C)cc2)cnc1S(=O)(=O)Cc1ccccc1. The highest BCUT2D eigenvalue weighted by molar-refractivity contribution is 7.90. The van der Waals surface area contributed by atoms with E-state index in [0.29, 0.717) is 36.5 Å². The summed E-state index contributed by atoms with van der Waals surface area (Å²) in [7, 11) is -2.13. The average molecular weight is 484 g/mol. The van der Waals surface area contributed by atoms with E-state index in [1.807, 2.05) is 63.2 Å². The van der Waals surface area contributed by atoms with Gasteiger partial charge in [0, 0.05) is 25.8 Å². The topological polar surface area (TPSA) is 81.5 Å². The van der Waals surface area contributed by atoms with Crippen LogP contribution >= 0.6 is 0 Å². The van der Waals surface area contributed by atoms with Crippen LogP contribution in [-0.2, 0) is 33.4 Å². The molecule has 3 aromatic rings. The molecule has 0 aliphatic rings. The number of nitrogens with zero attached hydrogens (tertiary/aromatic N) is 3. The number of carbonyl (C=O) groups is 1. The molecule has 0 N–H and O–H groups in total. The fourth-order valence-corrected chi connectivity index (χ4v) is 5.30. The number of amides is 1. The summed E-state index contributed by atoms with van der Waals surface area (Å²) in [5, 5.41) is -0.00400. The maximum absolute atomic E-state index is 13.3. The van der Waals surface area contributed by atoms with Gasteiger partial charge in [-0.05, 0) is 30.5 Å². The van der Waals surface area contributed by atoms with E-state index in [1.165, 1.54) is 0 Å². The molecule has 0 fully saturated rings. The number of methoxy groups -OCH3 is 1. The van der Waals surface area contributed by atoms with Crippen LogP contribution in [0.15, 0.2) is 66.0 Å². The van der Waals surface area contributed by atoms with Gasteiger partial charge in [0.05, 0.1) is 30.8 Å². The number of sulfone groups is 1. The first-order valence-corrected chi connectivity index (χ1v) is 13.0. The first-order valence-electron chi connectivity index (χ1n) is 11.4. The Bertz CT molecular complexity index is 1190. The molecule has 8 heteroatoms. The standard InChI is InChI=1S/C26H33N3O4S/c1-20(2)17-28(25(30)23-12-10-21(3)11-13-23)18-24-16-27-26(29(24)14-15-33-4)34(31,32)19-22-8-6-5-7-9-22/h5-13,16,20H,14-15,17-19H2,1-4H3. The van der Waals surface area contributed by atoms with Crippen LogP contribution in [0.2, 0.25) is 0 Å². The second kappa shape index (κ2) is 11.4. The highest BCUT2D eigenvalue weighted by Crippen LogP contribution is 2.20. The second-order valence-corrected chi connectivity index (χ2v) is 10.8. The van der Waals surface area contributed by atoms with Crippen LogP contribution in [-0.4, -0.2) is 49.0 Å². The summed E-state index contributed by atoms with van der Waals surface area (Å²) in [4.78, 5) is 19.4. The molecule has 0 spiro atoms. The van der Waals surface area contributed by atoms with Crippen molar-refractivity contribution in [3.63, 3.8) is 0 Å². The summed E-state index contributed by atoms with van der Waals surface area (Å²) in [6.45, 7) is 7.51. The van der Waals surface area contributed by atoms with Gasteiger partial charge in [-0.15, -0.1) is 0 Å². The molecule has 2 aromatic carbocycles. The molecule has 0 aliphatic heterocycles. The van der Waals surface area contributed by atoms with E-state index in [4.69, 9.17) is 4.74 Å². The van der Waals surface area contributed by atoms with Gasteiger partial charge in [-0.3, -0.25) is 4.79 Å². The lowest BCUT2D eigenvalue weighted by atomic mass is 10.1. The van der Waals surface area contributed by atoms with E-state index in [1.54, 1.807) is 34.9 Å². The summed E-state index contributed by atoms with van der Waals surface area (Å²) in [6, 6.07) is 16.5. The van der Waals surface area contributed by atoms with Crippen molar-refractivity contribution in [1.29, 1.82) is 0 Å². The molecule has 0 saturated heterocycles. The third-order valence-electron chi connectivity index (χ3n) is 5.42. The zero-order valence-electron chi connectivity index (χ0n) is 20.3. The quantitative estimate of drug-likeness (QED) is 0.410. The molecule has 1 aromatic heterocycles. The number of carbonyl (C=O) groups excluding carboxylic acids is 1. The van der Waals surface area contributed by atoms with Gasteiger partial charge in [0.1, 0.15) is 0 Å². The lowest BCUT2D eigenvalue weighted by Crippen LogP contribution is -2.34. The lowest BCUT2D eigenvalue weighted by Gasteiger charge is -2.25. The van der Waals surface area contributed by atoms with Crippen LogP contribution in [0.4, 0.5) is 0 Å². The first kappa shape index (κ1) is 25.6. The molecule has 0 radical (unpaired) electrons. The Hall–Kier alpha value is -2.97. The van der Waals surface area contributed by atoms with Crippen LogP contribution in [0.1, 0.15) is 41.0 Å². The smallest absolute Gasteiger partial charge is 0.254 e. The second-order valence-electron chi connectivity index (χ2n) is 8.87. The Morgan fingerprint density at radius 2 is 1.76 bits per heavy atom.